The highest BCUT2D eigenvalue weighted by Crippen LogP contribution is 2.23. The second-order valence-corrected chi connectivity index (χ2v) is 9.88. The van der Waals surface area contributed by atoms with Gasteiger partial charge in [0.1, 0.15) is 12.4 Å². The molecule has 0 saturated carbocycles. The number of carbonyl (C=O) groups is 1. The van der Waals surface area contributed by atoms with Gasteiger partial charge in [0, 0.05) is 18.7 Å². The molecular formula is C23H30N2O4S. The third-order valence-corrected chi connectivity index (χ3v) is 7.20. The number of nitrogens with zero attached hydrogens (tertiary/aromatic N) is 1. The molecule has 1 N–H and O–H groups in total. The predicted molar refractivity (Wildman–Crippen MR) is 117 cm³/mol. The zero-order valence-corrected chi connectivity index (χ0v) is 18.7. The van der Waals surface area contributed by atoms with Crippen LogP contribution < -0.4 is 10.1 Å². The Morgan fingerprint density at radius 1 is 1.07 bits per heavy atom. The number of ether oxygens (including phenoxy) is 1. The third-order valence-electron chi connectivity index (χ3n) is 5.30. The van der Waals surface area contributed by atoms with Crippen molar-refractivity contribution >= 4 is 15.9 Å². The van der Waals surface area contributed by atoms with Crippen molar-refractivity contribution in [1.29, 1.82) is 0 Å². The van der Waals surface area contributed by atoms with Crippen LogP contribution in [0.2, 0.25) is 0 Å². The van der Waals surface area contributed by atoms with Crippen LogP contribution in [0.15, 0.2) is 47.4 Å². The minimum atomic E-state index is -3.58. The van der Waals surface area contributed by atoms with Crippen LogP contribution >= 0.6 is 0 Å². The molecule has 1 aliphatic rings. The number of benzene rings is 2. The Bertz CT molecular complexity index is 981. The van der Waals surface area contributed by atoms with E-state index in [1.165, 1.54) is 10.4 Å². The summed E-state index contributed by atoms with van der Waals surface area (Å²) in [7, 11) is -3.58. The normalized spacial score (nSPS) is 16.1. The van der Waals surface area contributed by atoms with Gasteiger partial charge in [0.15, 0.2) is 0 Å². The second kappa shape index (κ2) is 9.62. The second-order valence-electron chi connectivity index (χ2n) is 7.94. The van der Waals surface area contributed by atoms with Gasteiger partial charge in [-0.3, -0.25) is 4.79 Å². The summed E-state index contributed by atoms with van der Waals surface area (Å²) < 4.78 is 33.2. The Labute approximate surface area is 179 Å². The zero-order valence-electron chi connectivity index (χ0n) is 17.8. The van der Waals surface area contributed by atoms with Crippen molar-refractivity contribution in [3.05, 3.63) is 59.2 Å². The molecule has 1 aliphatic heterocycles. The maximum atomic E-state index is 13.0. The lowest BCUT2D eigenvalue weighted by Crippen LogP contribution is -2.38. The van der Waals surface area contributed by atoms with E-state index in [0.717, 1.165) is 36.1 Å². The molecule has 30 heavy (non-hydrogen) atoms. The standard InChI is InChI=1S/C23H30N2O4S/c1-17-7-10-20(11-8-17)29-16-19(3)24-23(26)22-15-21(12-9-18(22)2)30(27,28)25-13-5-4-6-14-25/h7-12,15,19H,4-6,13-14,16H2,1-3H3,(H,24,26)/t19-/m0/s1. The molecule has 3 rings (SSSR count). The molecule has 1 saturated heterocycles. The first-order valence-electron chi connectivity index (χ1n) is 10.4. The molecule has 0 radical (unpaired) electrons. The molecule has 0 unspecified atom stereocenters. The van der Waals surface area contributed by atoms with E-state index in [4.69, 9.17) is 4.74 Å². The lowest BCUT2D eigenvalue weighted by molar-refractivity contribution is 0.0926. The fourth-order valence-electron chi connectivity index (χ4n) is 3.46. The summed E-state index contributed by atoms with van der Waals surface area (Å²) in [4.78, 5) is 13.0. The first kappa shape index (κ1) is 22.3. The van der Waals surface area contributed by atoms with Crippen molar-refractivity contribution in [2.75, 3.05) is 19.7 Å². The van der Waals surface area contributed by atoms with Gasteiger partial charge >= 0.3 is 0 Å². The Kier molecular flexibility index (Phi) is 7.15. The smallest absolute Gasteiger partial charge is 0.251 e. The number of nitrogens with one attached hydrogen (secondary N) is 1. The van der Waals surface area contributed by atoms with E-state index in [1.807, 2.05) is 38.1 Å². The molecule has 2 aromatic rings. The predicted octanol–water partition coefficient (Wildman–Crippen LogP) is 3.68. The minimum absolute atomic E-state index is 0.170. The van der Waals surface area contributed by atoms with Gasteiger partial charge in [-0.2, -0.15) is 4.31 Å². The SMILES string of the molecule is Cc1ccc(OC[C@H](C)NC(=O)c2cc(S(=O)(=O)N3CCCCC3)ccc2C)cc1. The van der Waals surface area contributed by atoms with E-state index in [0.29, 0.717) is 25.3 Å². The van der Waals surface area contributed by atoms with E-state index < -0.39 is 10.0 Å². The molecule has 6 nitrogen and oxygen atoms in total. The maximum Gasteiger partial charge on any atom is 0.251 e. The molecule has 1 amide bonds. The number of carbonyl (C=O) groups excluding carboxylic acids is 1. The van der Waals surface area contributed by atoms with Crippen LogP contribution in [0.5, 0.6) is 5.75 Å². The number of piperidine rings is 1. The lowest BCUT2D eigenvalue weighted by Gasteiger charge is -2.26. The van der Waals surface area contributed by atoms with E-state index >= 15 is 0 Å². The van der Waals surface area contributed by atoms with E-state index in [-0.39, 0.29) is 16.8 Å². The molecule has 1 heterocycles. The molecule has 1 atom stereocenters. The van der Waals surface area contributed by atoms with Gasteiger partial charge in [-0.1, -0.05) is 30.2 Å². The van der Waals surface area contributed by atoms with Gasteiger partial charge in [0.05, 0.1) is 10.9 Å². The topological polar surface area (TPSA) is 75.7 Å². The third kappa shape index (κ3) is 5.40. The minimum Gasteiger partial charge on any atom is -0.491 e. The van der Waals surface area contributed by atoms with E-state index in [1.54, 1.807) is 19.1 Å². The van der Waals surface area contributed by atoms with Crippen LogP contribution in [0.25, 0.3) is 0 Å². The summed E-state index contributed by atoms with van der Waals surface area (Å²) in [5, 5.41) is 2.90. The Morgan fingerprint density at radius 2 is 1.73 bits per heavy atom. The van der Waals surface area contributed by atoms with E-state index in [9.17, 15) is 13.2 Å². The Morgan fingerprint density at radius 3 is 2.40 bits per heavy atom. The number of hydrogen-bond donors (Lipinski definition) is 1. The molecule has 0 aromatic heterocycles. The van der Waals surface area contributed by atoms with Crippen molar-refractivity contribution in [1.82, 2.24) is 9.62 Å². The van der Waals surface area contributed by atoms with Crippen molar-refractivity contribution < 1.29 is 17.9 Å². The molecule has 2 aromatic carbocycles. The average Bonchev–Trinajstić information content (AvgIpc) is 2.74. The maximum absolute atomic E-state index is 13.0. The molecule has 0 bridgehead atoms. The molecule has 7 heteroatoms. The highest BCUT2D eigenvalue weighted by Gasteiger charge is 2.27. The van der Waals surface area contributed by atoms with Crippen LogP contribution in [-0.2, 0) is 10.0 Å². The lowest BCUT2D eigenvalue weighted by atomic mass is 10.1. The highest BCUT2D eigenvalue weighted by molar-refractivity contribution is 7.89. The number of hydrogen-bond acceptors (Lipinski definition) is 4. The number of sulfonamides is 1. The molecule has 0 aliphatic carbocycles. The van der Waals surface area contributed by atoms with Crippen LogP contribution in [0.3, 0.4) is 0 Å². The van der Waals surface area contributed by atoms with Crippen molar-refractivity contribution in [3.63, 3.8) is 0 Å². The van der Waals surface area contributed by atoms with Crippen LogP contribution in [0.4, 0.5) is 0 Å². The molecule has 0 spiro atoms. The van der Waals surface area contributed by atoms with Crippen LogP contribution in [0.1, 0.15) is 47.7 Å². The molecule has 1 fully saturated rings. The summed E-state index contributed by atoms with van der Waals surface area (Å²) in [6, 6.07) is 12.3. The number of amides is 1. The fraction of sp³-hybridized carbons (Fsp3) is 0.435. The van der Waals surface area contributed by atoms with Crippen molar-refractivity contribution in [3.8, 4) is 5.75 Å². The van der Waals surface area contributed by atoms with Gasteiger partial charge in [0.2, 0.25) is 10.0 Å². The largest absolute Gasteiger partial charge is 0.491 e. The van der Waals surface area contributed by atoms with E-state index in [2.05, 4.69) is 5.32 Å². The summed E-state index contributed by atoms with van der Waals surface area (Å²) in [5.41, 5.74) is 2.26. The highest BCUT2D eigenvalue weighted by atomic mass is 32.2. The van der Waals surface area contributed by atoms with Crippen LogP contribution in [0, 0.1) is 13.8 Å². The van der Waals surface area contributed by atoms with Gasteiger partial charge in [-0.15, -0.1) is 0 Å². The number of rotatable bonds is 7. The fourth-order valence-corrected chi connectivity index (χ4v) is 5.00. The Balaban J connectivity index is 1.67. The summed E-state index contributed by atoms with van der Waals surface area (Å²) in [6.45, 7) is 7.06. The first-order chi connectivity index (χ1) is 14.3. The van der Waals surface area contributed by atoms with Gasteiger partial charge in [0.25, 0.3) is 5.91 Å². The quantitative estimate of drug-likeness (QED) is 0.727. The van der Waals surface area contributed by atoms with Crippen LogP contribution in [-0.4, -0.2) is 44.4 Å². The van der Waals surface area contributed by atoms with Crippen molar-refractivity contribution in [2.24, 2.45) is 0 Å². The van der Waals surface area contributed by atoms with Gasteiger partial charge < -0.3 is 10.1 Å². The summed E-state index contributed by atoms with van der Waals surface area (Å²) in [5.74, 6) is 0.440. The number of aryl methyl sites for hydroxylation is 2. The van der Waals surface area contributed by atoms with Crippen molar-refractivity contribution in [2.45, 2.75) is 51.0 Å². The Hall–Kier alpha value is -2.38. The zero-order chi connectivity index (χ0) is 21.7. The molecular weight excluding hydrogens is 400 g/mol. The summed E-state index contributed by atoms with van der Waals surface area (Å²) >= 11 is 0. The monoisotopic (exact) mass is 430 g/mol. The first-order valence-corrected chi connectivity index (χ1v) is 11.8. The van der Waals surface area contributed by atoms with Gasteiger partial charge in [-0.05, 0) is 63.4 Å². The summed E-state index contributed by atoms with van der Waals surface area (Å²) in [6.07, 6.45) is 2.80. The average molecular weight is 431 g/mol. The molecule has 162 valence electrons. The van der Waals surface area contributed by atoms with Gasteiger partial charge in [-0.25, -0.2) is 8.42 Å².